The molecular formula is C11H18N2O4S. The highest BCUT2D eigenvalue weighted by molar-refractivity contribution is 7.92. The molecule has 2 heterocycles. The van der Waals surface area contributed by atoms with Crippen molar-refractivity contribution in [2.75, 3.05) is 5.75 Å². The first-order valence-electron chi connectivity index (χ1n) is 6.05. The summed E-state index contributed by atoms with van der Waals surface area (Å²) in [7, 11) is -3.08. The van der Waals surface area contributed by atoms with Crippen molar-refractivity contribution < 1.29 is 18.3 Å². The van der Waals surface area contributed by atoms with E-state index in [4.69, 9.17) is 5.11 Å². The van der Waals surface area contributed by atoms with Crippen LogP contribution in [0.3, 0.4) is 0 Å². The molecule has 0 aliphatic carbocycles. The topological polar surface area (TPSA) is 95.5 Å². The second-order valence-electron chi connectivity index (χ2n) is 4.91. The highest BCUT2D eigenvalue weighted by Gasteiger charge is 2.49. The summed E-state index contributed by atoms with van der Waals surface area (Å²) in [5, 5.41) is 14.2. The number of unbranched alkanes of at least 4 members (excludes halogenated alkanes) is 1. The summed E-state index contributed by atoms with van der Waals surface area (Å²) in [6.07, 6.45) is 1.75. The number of hydrogen-bond acceptors (Lipinski definition) is 5. The largest absolute Gasteiger partial charge is 0.481 e. The van der Waals surface area contributed by atoms with E-state index in [1.54, 1.807) is 0 Å². The lowest BCUT2D eigenvalue weighted by Crippen LogP contribution is -2.38. The maximum Gasteiger partial charge on any atom is 0.303 e. The van der Waals surface area contributed by atoms with Gasteiger partial charge in [0.2, 0.25) is 0 Å². The fourth-order valence-corrected chi connectivity index (χ4v) is 5.00. The highest BCUT2D eigenvalue weighted by atomic mass is 32.2. The number of hydrogen-bond donors (Lipinski definition) is 3. The van der Waals surface area contributed by atoms with Gasteiger partial charge < -0.3 is 15.7 Å². The molecule has 0 unspecified atom stereocenters. The van der Waals surface area contributed by atoms with Crippen LogP contribution in [0.4, 0.5) is 0 Å². The first kappa shape index (κ1) is 13.2. The van der Waals surface area contributed by atoms with Crippen LogP contribution in [0.2, 0.25) is 0 Å². The molecule has 2 fully saturated rings. The lowest BCUT2D eigenvalue weighted by Gasteiger charge is -2.16. The Morgan fingerprint density at radius 1 is 1.39 bits per heavy atom. The Balaban J connectivity index is 1.93. The van der Waals surface area contributed by atoms with Gasteiger partial charge in [0.15, 0.2) is 9.84 Å². The Morgan fingerprint density at radius 2 is 2.11 bits per heavy atom. The summed E-state index contributed by atoms with van der Waals surface area (Å²) in [5.74, 6) is -0.0283. The SMILES string of the molecule is C=C1N[C@H]2[C@H](CS(=O)(=O)[C@H]2CCCCC(=O)O)N1. The standard InChI is InChI=1S/C11H18N2O4S/c1-7-12-8-6-18(16,17)9(11(8)13-7)4-2-3-5-10(14)15/h8-9,11-13H,1-6H2,(H,14,15)/t8-,9-,11-/m0/s1. The second-order valence-corrected chi connectivity index (χ2v) is 7.17. The Hall–Kier alpha value is -1.24. The van der Waals surface area contributed by atoms with Gasteiger partial charge in [-0.05, 0) is 12.8 Å². The van der Waals surface area contributed by atoms with E-state index in [1.165, 1.54) is 0 Å². The Morgan fingerprint density at radius 3 is 2.78 bits per heavy atom. The van der Waals surface area contributed by atoms with Crippen molar-refractivity contribution in [3.8, 4) is 0 Å². The van der Waals surface area contributed by atoms with Gasteiger partial charge in [-0.15, -0.1) is 0 Å². The van der Waals surface area contributed by atoms with Crippen LogP contribution in [0, 0.1) is 0 Å². The molecule has 102 valence electrons. The molecule has 0 aromatic carbocycles. The zero-order chi connectivity index (χ0) is 13.3. The van der Waals surface area contributed by atoms with Gasteiger partial charge in [-0.25, -0.2) is 8.42 Å². The van der Waals surface area contributed by atoms with Crippen LogP contribution in [0.15, 0.2) is 12.4 Å². The van der Waals surface area contributed by atoms with Gasteiger partial charge >= 0.3 is 5.97 Å². The summed E-state index contributed by atoms with van der Waals surface area (Å²) < 4.78 is 24.0. The number of carboxylic acids is 1. The number of sulfone groups is 1. The van der Waals surface area contributed by atoms with Gasteiger partial charge in [0.25, 0.3) is 0 Å². The number of carbonyl (C=O) groups is 1. The summed E-state index contributed by atoms with van der Waals surface area (Å²) in [4.78, 5) is 10.4. The fraction of sp³-hybridized carbons (Fsp3) is 0.727. The number of nitrogens with one attached hydrogen (secondary N) is 2. The third-order valence-corrected chi connectivity index (χ3v) is 5.81. The average Bonchev–Trinajstić information content (AvgIpc) is 2.66. The van der Waals surface area contributed by atoms with Crippen molar-refractivity contribution in [1.82, 2.24) is 10.6 Å². The average molecular weight is 274 g/mol. The number of rotatable bonds is 5. The fourth-order valence-electron chi connectivity index (χ4n) is 2.73. The maximum atomic E-state index is 12.0. The highest BCUT2D eigenvalue weighted by Crippen LogP contribution is 2.29. The minimum atomic E-state index is -3.08. The van der Waals surface area contributed by atoms with Gasteiger partial charge in [-0.2, -0.15) is 0 Å². The van der Waals surface area contributed by atoms with Crippen LogP contribution in [0.25, 0.3) is 0 Å². The van der Waals surface area contributed by atoms with Crippen molar-refractivity contribution >= 4 is 15.8 Å². The van der Waals surface area contributed by atoms with E-state index in [9.17, 15) is 13.2 Å². The predicted octanol–water partition coefficient (Wildman–Crippen LogP) is -0.170. The van der Waals surface area contributed by atoms with E-state index in [1.807, 2.05) is 0 Å². The first-order valence-corrected chi connectivity index (χ1v) is 7.77. The van der Waals surface area contributed by atoms with Crippen LogP contribution in [0.5, 0.6) is 0 Å². The Kier molecular flexibility index (Phi) is 3.52. The lowest BCUT2D eigenvalue weighted by molar-refractivity contribution is -0.137. The predicted molar refractivity (Wildman–Crippen MR) is 66.7 cm³/mol. The van der Waals surface area contributed by atoms with Gasteiger partial charge in [0.1, 0.15) is 0 Å². The van der Waals surface area contributed by atoms with Crippen molar-refractivity contribution in [1.29, 1.82) is 0 Å². The molecule has 0 amide bonds. The molecular weight excluding hydrogens is 256 g/mol. The van der Waals surface area contributed by atoms with Crippen molar-refractivity contribution in [3.05, 3.63) is 12.4 Å². The van der Waals surface area contributed by atoms with Crippen LogP contribution < -0.4 is 10.6 Å². The summed E-state index contributed by atoms with van der Waals surface area (Å²) in [6.45, 7) is 3.74. The van der Waals surface area contributed by atoms with Gasteiger partial charge in [0.05, 0.1) is 28.9 Å². The normalized spacial score (nSPS) is 32.7. The first-order chi connectivity index (χ1) is 8.40. The molecule has 0 aromatic rings. The van der Waals surface area contributed by atoms with E-state index in [0.29, 0.717) is 25.1 Å². The van der Waals surface area contributed by atoms with Gasteiger partial charge in [-0.1, -0.05) is 13.0 Å². The zero-order valence-corrected chi connectivity index (χ0v) is 10.9. The molecule has 3 atom stereocenters. The second kappa shape index (κ2) is 4.79. The minimum Gasteiger partial charge on any atom is -0.481 e. The van der Waals surface area contributed by atoms with E-state index in [-0.39, 0.29) is 24.3 Å². The molecule has 6 nitrogen and oxygen atoms in total. The number of fused-ring (bicyclic) bond motifs is 1. The quantitative estimate of drug-likeness (QED) is 0.602. The van der Waals surface area contributed by atoms with Crippen molar-refractivity contribution in [3.63, 3.8) is 0 Å². The third-order valence-electron chi connectivity index (χ3n) is 3.54. The van der Waals surface area contributed by atoms with Gasteiger partial charge in [-0.3, -0.25) is 4.79 Å². The lowest BCUT2D eigenvalue weighted by atomic mass is 10.0. The molecule has 0 spiro atoms. The smallest absolute Gasteiger partial charge is 0.303 e. The molecule has 0 saturated carbocycles. The van der Waals surface area contributed by atoms with E-state index in [0.717, 1.165) is 0 Å². The van der Waals surface area contributed by atoms with Crippen LogP contribution >= 0.6 is 0 Å². The van der Waals surface area contributed by atoms with E-state index in [2.05, 4.69) is 17.2 Å². The molecule has 3 N–H and O–H groups in total. The van der Waals surface area contributed by atoms with Gasteiger partial charge in [0, 0.05) is 6.42 Å². The Bertz CT molecular complexity index is 460. The molecule has 2 aliphatic heterocycles. The minimum absolute atomic E-state index is 0.0908. The summed E-state index contributed by atoms with van der Waals surface area (Å²) >= 11 is 0. The monoisotopic (exact) mass is 274 g/mol. The zero-order valence-electron chi connectivity index (χ0n) is 10.1. The van der Waals surface area contributed by atoms with E-state index >= 15 is 0 Å². The Labute approximate surface area is 106 Å². The number of aliphatic carboxylic acids is 1. The molecule has 2 aliphatic rings. The number of carboxylic acid groups (broad SMARTS) is 1. The van der Waals surface area contributed by atoms with Crippen molar-refractivity contribution in [2.45, 2.75) is 43.0 Å². The molecule has 7 heteroatoms. The van der Waals surface area contributed by atoms with Crippen LogP contribution in [-0.4, -0.2) is 42.6 Å². The molecule has 0 aromatic heterocycles. The third kappa shape index (κ3) is 2.60. The molecule has 0 radical (unpaired) electrons. The molecule has 2 saturated heterocycles. The van der Waals surface area contributed by atoms with Crippen LogP contribution in [-0.2, 0) is 14.6 Å². The molecule has 2 rings (SSSR count). The summed E-state index contributed by atoms with van der Waals surface area (Å²) in [6, 6.07) is -0.209. The van der Waals surface area contributed by atoms with Crippen LogP contribution in [0.1, 0.15) is 25.7 Å². The maximum absolute atomic E-state index is 12.0. The van der Waals surface area contributed by atoms with E-state index < -0.39 is 21.1 Å². The molecule has 18 heavy (non-hydrogen) atoms. The summed E-state index contributed by atoms with van der Waals surface area (Å²) in [5.41, 5.74) is 0. The molecule has 0 bridgehead atoms. The van der Waals surface area contributed by atoms with Crippen molar-refractivity contribution in [2.24, 2.45) is 0 Å².